The first-order chi connectivity index (χ1) is 12.9. The Morgan fingerprint density at radius 1 is 1.22 bits per heavy atom. The zero-order valence-corrected chi connectivity index (χ0v) is 16.6. The van der Waals surface area contributed by atoms with Gasteiger partial charge in [0.1, 0.15) is 11.6 Å². The molecule has 0 spiro atoms. The molecule has 1 saturated carbocycles. The van der Waals surface area contributed by atoms with Gasteiger partial charge in [0, 0.05) is 25.6 Å². The lowest BCUT2D eigenvalue weighted by atomic mass is 9.92. The Bertz CT molecular complexity index is 570. The smallest absolute Gasteiger partial charge is 0.246 e. The zero-order valence-electron chi connectivity index (χ0n) is 16.6. The Morgan fingerprint density at radius 2 is 1.96 bits per heavy atom. The number of hydrogen-bond acceptors (Lipinski definition) is 4. The Kier molecular flexibility index (Phi) is 6.40. The topological polar surface area (TPSA) is 87.7 Å². The van der Waals surface area contributed by atoms with E-state index in [4.69, 9.17) is 4.74 Å². The number of amides is 3. The monoisotopic (exact) mass is 379 g/mol. The summed E-state index contributed by atoms with van der Waals surface area (Å²) in [5, 5.41) is 5.93. The Balaban J connectivity index is 1.79. The third-order valence-electron chi connectivity index (χ3n) is 6.43. The summed E-state index contributed by atoms with van der Waals surface area (Å²) in [7, 11) is 0. The lowest BCUT2D eigenvalue weighted by molar-refractivity contribution is -0.151. The van der Waals surface area contributed by atoms with Crippen molar-refractivity contribution in [2.45, 2.75) is 95.4 Å². The second-order valence-corrected chi connectivity index (χ2v) is 8.32. The van der Waals surface area contributed by atoms with Crippen molar-refractivity contribution in [3.8, 4) is 0 Å². The fourth-order valence-corrected chi connectivity index (χ4v) is 4.40. The van der Waals surface area contributed by atoms with Crippen LogP contribution < -0.4 is 10.6 Å². The molecule has 2 saturated heterocycles. The van der Waals surface area contributed by atoms with Gasteiger partial charge in [-0.3, -0.25) is 14.4 Å². The predicted octanol–water partition coefficient (Wildman–Crippen LogP) is 1.50. The van der Waals surface area contributed by atoms with Crippen molar-refractivity contribution in [3.63, 3.8) is 0 Å². The van der Waals surface area contributed by atoms with Crippen LogP contribution in [0.5, 0.6) is 0 Å². The molecule has 0 aromatic heterocycles. The summed E-state index contributed by atoms with van der Waals surface area (Å²) in [4.78, 5) is 39.8. The van der Waals surface area contributed by atoms with Crippen molar-refractivity contribution in [1.82, 2.24) is 15.5 Å². The molecule has 3 fully saturated rings. The third kappa shape index (κ3) is 4.45. The van der Waals surface area contributed by atoms with Crippen molar-refractivity contribution in [2.24, 2.45) is 0 Å². The van der Waals surface area contributed by atoms with Gasteiger partial charge in [0.05, 0.1) is 6.10 Å². The molecule has 2 heterocycles. The number of carbonyl (C=O) groups is 3. The molecule has 7 nitrogen and oxygen atoms in total. The summed E-state index contributed by atoms with van der Waals surface area (Å²) in [6.45, 7) is 4.88. The largest absolute Gasteiger partial charge is 0.376 e. The first-order valence-electron chi connectivity index (χ1n) is 10.5. The van der Waals surface area contributed by atoms with Gasteiger partial charge in [0.2, 0.25) is 17.7 Å². The quantitative estimate of drug-likeness (QED) is 0.702. The van der Waals surface area contributed by atoms with Crippen LogP contribution >= 0.6 is 0 Å². The molecule has 152 valence electrons. The first kappa shape index (κ1) is 20.1. The average molecular weight is 380 g/mol. The highest BCUT2D eigenvalue weighted by atomic mass is 16.5. The van der Waals surface area contributed by atoms with Gasteiger partial charge in [0.15, 0.2) is 0 Å². The van der Waals surface area contributed by atoms with Crippen molar-refractivity contribution in [1.29, 1.82) is 0 Å². The number of ether oxygens (including phenoxy) is 1. The van der Waals surface area contributed by atoms with Gasteiger partial charge in [-0.15, -0.1) is 0 Å². The van der Waals surface area contributed by atoms with Crippen LogP contribution in [-0.4, -0.2) is 59.5 Å². The van der Waals surface area contributed by atoms with Crippen molar-refractivity contribution >= 4 is 17.7 Å². The molecule has 1 aliphatic carbocycles. The number of rotatable bonds is 7. The first-order valence-corrected chi connectivity index (χ1v) is 10.5. The second-order valence-electron chi connectivity index (χ2n) is 8.32. The molecule has 27 heavy (non-hydrogen) atoms. The Labute approximate surface area is 161 Å². The van der Waals surface area contributed by atoms with E-state index in [1.54, 1.807) is 4.90 Å². The summed E-state index contributed by atoms with van der Waals surface area (Å²) < 4.78 is 5.76. The van der Waals surface area contributed by atoms with E-state index in [0.29, 0.717) is 32.4 Å². The standard InChI is InChI=1S/C20H33N3O4/c1-3-20(2,19(26)21-14-7-4-5-8-14)23(13-15-9-6-12-27-15)18(25)16-10-11-17(24)22-16/h14-16H,3-13H2,1-2H3,(H,21,26)(H,22,24)/t15-,16-,20+/m0/s1. The van der Waals surface area contributed by atoms with Gasteiger partial charge in [-0.1, -0.05) is 19.8 Å². The Morgan fingerprint density at radius 3 is 2.52 bits per heavy atom. The Hall–Kier alpha value is -1.63. The molecule has 3 rings (SSSR count). The highest BCUT2D eigenvalue weighted by molar-refractivity contribution is 5.96. The number of nitrogens with zero attached hydrogens (tertiary/aromatic N) is 1. The van der Waals surface area contributed by atoms with Gasteiger partial charge < -0.3 is 20.3 Å². The lowest BCUT2D eigenvalue weighted by Crippen LogP contribution is -2.63. The van der Waals surface area contributed by atoms with Gasteiger partial charge in [-0.25, -0.2) is 0 Å². The van der Waals surface area contributed by atoms with E-state index in [-0.39, 0.29) is 29.9 Å². The molecule has 2 N–H and O–H groups in total. The maximum Gasteiger partial charge on any atom is 0.246 e. The molecule has 0 aromatic carbocycles. The summed E-state index contributed by atoms with van der Waals surface area (Å²) in [5.41, 5.74) is -0.945. The van der Waals surface area contributed by atoms with E-state index in [1.165, 1.54) is 0 Å². The highest BCUT2D eigenvalue weighted by Gasteiger charge is 2.45. The van der Waals surface area contributed by atoms with Crippen LogP contribution in [-0.2, 0) is 19.1 Å². The number of carbonyl (C=O) groups excluding carboxylic acids is 3. The van der Waals surface area contributed by atoms with E-state index in [0.717, 1.165) is 38.5 Å². The molecule has 3 atom stereocenters. The highest BCUT2D eigenvalue weighted by Crippen LogP contribution is 2.27. The maximum atomic E-state index is 13.3. The van der Waals surface area contributed by atoms with Crippen molar-refractivity contribution < 1.29 is 19.1 Å². The average Bonchev–Trinajstić information content (AvgIpc) is 3.41. The molecule has 0 unspecified atom stereocenters. The predicted molar refractivity (Wildman–Crippen MR) is 101 cm³/mol. The molecule has 0 aromatic rings. The summed E-state index contributed by atoms with van der Waals surface area (Å²) >= 11 is 0. The normalized spacial score (nSPS) is 28.0. The molecule has 3 aliphatic rings. The molecular formula is C20H33N3O4. The van der Waals surface area contributed by atoms with E-state index < -0.39 is 11.6 Å². The minimum atomic E-state index is -0.945. The van der Waals surface area contributed by atoms with E-state index in [1.807, 2.05) is 13.8 Å². The van der Waals surface area contributed by atoms with Gasteiger partial charge >= 0.3 is 0 Å². The summed E-state index contributed by atoms with van der Waals surface area (Å²) in [6, 6.07) is -0.335. The minimum absolute atomic E-state index is 0.0452. The number of hydrogen-bond donors (Lipinski definition) is 2. The molecule has 3 amide bonds. The van der Waals surface area contributed by atoms with Crippen LogP contribution in [0.4, 0.5) is 0 Å². The van der Waals surface area contributed by atoms with Crippen molar-refractivity contribution in [2.75, 3.05) is 13.2 Å². The van der Waals surface area contributed by atoms with Crippen molar-refractivity contribution in [3.05, 3.63) is 0 Å². The lowest BCUT2D eigenvalue weighted by Gasteiger charge is -2.42. The van der Waals surface area contributed by atoms with Crippen LogP contribution in [0.25, 0.3) is 0 Å². The molecular weight excluding hydrogens is 346 g/mol. The third-order valence-corrected chi connectivity index (χ3v) is 6.43. The summed E-state index contributed by atoms with van der Waals surface area (Å²) in [5.74, 6) is -0.353. The zero-order chi connectivity index (χ0) is 19.4. The summed E-state index contributed by atoms with van der Waals surface area (Å²) in [6.07, 6.45) is 7.48. The van der Waals surface area contributed by atoms with E-state index in [9.17, 15) is 14.4 Å². The van der Waals surface area contributed by atoms with Crippen LogP contribution in [0.1, 0.15) is 71.6 Å². The van der Waals surface area contributed by atoms with Gasteiger partial charge in [-0.2, -0.15) is 0 Å². The van der Waals surface area contributed by atoms with Crippen LogP contribution in [0.2, 0.25) is 0 Å². The minimum Gasteiger partial charge on any atom is -0.376 e. The fraction of sp³-hybridized carbons (Fsp3) is 0.850. The van der Waals surface area contributed by atoms with E-state index in [2.05, 4.69) is 10.6 Å². The molecule has 7 heteroatoms. The van der Waals surface area contributed by atoms with Gasteiger partial charge in [0.25, 0.3) is 0 Å². The second kappa shape index (κ2) is 8.59. The number of nitrogens with one attached hydrogen (secondary N) is 2. The molecule has 2 aliphatic heterocycles. The fourth-order valence-electron chi connectivity index (χ4n) is 4.40. The van der Waals surface area contributed by atoms with Crippen LogP contribution in [0.15, 0.2) is 0 Å². The van der Waals surface area contributed by atoms with Crippen LogP contribution in [0, 0.1) is 0 Å². The van der Waals surface area contributed by atoms with E-state index >= 15 is 0 Å². The SMILES string of the molecule is CC[C@](C)(C(=O)NC1CCCC1)N(C[C@@H]1CCCO1)C(=O)[C@@H]1CCC(=O)N1. The van der Waals surface area contributed by atoms with Gasteiger partial charge in [-0.05, 0) is 45.4 Å². The molecule has 0 bridgehead atoms. The maximum absolute atomic E-state index is 13.3. The molecule has 0 radical (unpaired) electrons. The van der Waals surface area contributed by atoms with Crippen LogP contribution in [0.3, 0.4) is 0 Å².